The van der Waals surface area contributed by atoms with Gasteiger partial charge in [0.2, 0.25) is 0 Å². The normalized spacial score (nSPS) is 13.7. The van der Waals surface area contributed by atoms with Crippen molar-refractivity contribution < 1.29 is 24.3 Å². The summed E-state index contributed by atoms with van der Waals surface area (Å²) >= 11 is 0. The zero-order valence-electron chi connectivity index (χ0n) is 20.8. The van der Waals surface area contributed by atoms with Crippen LogP contribution in [0.4, 0.5) is 11.4 Å². The predicted molar refractivity (Wildman–Crippen MR) is 142 cm³/mol. The van der Waals surface area contributed by atoms with Crippen molar-refractivity contribution in [1.82, 2.24) is 9.96 Å². The Morgan fingerprint density at radius 3 is 2.22 bits per heavy atom. The molecule has 0 spiro atoms. The van der Waals surface area contributed by atoms with Crippen molar-refractivity contribution in [3.8, 4) is 0 Å². The van der Waals surface area contributed by atoms with E-state index in [-0.39, 0.29) is 17.4 Å². The molecule has 1 aliphatic heterocycles. The number of carboxylic acids is 1. The maximum Gasteiger partial charge on any atom is 0.335 e. The van der Waals surface area contributed by atoms with Crippen LogP contribution in [0.5, 0.6) is 0 Å². The Morgan fingerprint density at radius 2 is 1.59 bits per heavy atom. The SMILES string of the molecule is CON(CCN(C)C)C(=O)c1ccc(N/C(=C2\C(=O)Nc3cc(C(=O)O)ccc32)c2ccccc2)cc1. The lowest BCUT2D eigenvalue weighted by atomic mass is 9.99. The van der Waals surface area contributed by atoms with Gasteiger partial charge in [0.1, 0.15) is 0 Å². The summed E-state index contributed by atoms with van der Waals surface area (Å²) in [6, 6.07) is 20.8. The fourth-order valence-electron chi connectivity index (χ4n) is 3.99. The van der Waals surface area contributed by atoms with Gasteiger partial charge >= 0.3 is 5.97 Å². The van der Waals surface area contributed by atoms with Gasteiger partial charge in [0, 0.05) is 23.4 Å². The number of aromatic carboxylic acids is 1. The van der Waals surface area contributed by atoms with Gasteiger partial charge < -0.3 is 20.6 Å². The molecule has 0 radical (unpaired) electrons. The number of amides is 2. The molecule has 190 valence electrons. The van der Waals surface area contributed by atoms with Gasteiger partial charge in [0.05, 0.1) is 36.2 Å². The summed E-state index contributed by atoms with van der Waals surface area (Å²) in [6.07, 6.45) is 0. The number of carboxylic acid groups (broad SMARTS) is 1. The Balaban J connectivity index is 1.67. The molecule has 4 rings (SSSR count). The van der Waals surface area contributed by atoms with Crippen LogP contribution in [-0.2, 0) is 9.63 Å². The highest BCUT2D eigenvalue weighted by Crippen LogP contribution is 2.38. The first kappa shape index (κ1) is 25.6. The van der Waals surface area contributed by atoms with E-state index >= 15 is 0 Å². The van der Waals surface area contributed by atoms with Gasteiger partial charge in [-0.1, -0.05) is 36.4 Å². The first-order valence-corrected chi connectivity index (χ1v) is 11.6. The molecule has 0 unspecified atom stereocenters. The van der Waals surface area contributed by atoms with E-state index in [1.165, 1.54) is 24.3 Å². The summed E-state index contributed by atoms with van der Waals surface area (Å²) in [5.74, 6) is -1.66. The Bertz CT molecular complexity index is 1350. The topological polar surface area (TPSA) is 111 Å². The molecule has 1 aliphatic rings. The number of anilines is 2. The van der Waals surface area contributed by atoms with Crippen molar-refractivity contribution in [1.29, 1.82) is 0 Å². The second kappa shape index (κ2) is 11.1. The lowest BCUT2D eigenvalue weighted by Gasteiger charge is -2.22. The van der Waals surface area contributed by atoms with Crippen LogP contribution in [0.15, 0.2) is 72.8 Å². The molecule has 2 amide bonds. The largest absolute Gasteiger partial charge is 0.478 e. The molecule has 0 atom stereocenters. The van der Waals surface area contributed by atoms with Gasteiger partial charge in [-0.3, -0.25) is 14.4 Å². The minimum atomic E-state index is -1.07. The third-order valence-electron chi connectivity index (χ3n) is 5.92. The van der Waals surface area contributed by atoms with E-state index < -0.39 is 5.97 Å². The van der Waals surface area contributed by atoms with Crippen LogP contribution >= 0.6 is 0 Å². The Labute approximate surface area is 214 Å². The van der Waals surface area contributed by atoms with E-state index in [2.05, 4.69) is 10.6 Å². The van der Waals surface area contributed by atoms with E-state index in [1.807, 2.05) is 49.3 Å². The molecule has 3 N–H and O–H groups in total. The minimum absolute atomic E-state index is 0.0884. The summed E-state index contributed by atoms with van der Waals surface area (Å²) in [7, 11) is 5.31. The number of nitrogens with one attached hydrogen (secondary N) is 2. The third kappa shape index (κ3) is 5.69. The number of hydrogen-bond donors (Lipinski definition) is 3. The van der Waals surface area contributed by atoms with E-state index in [9.17, 15) is 19.5 Å². The summed E-state index contributed by atoms with van der Waals surface area (Å²) in [6.45, 7) is 1.08. The van der Waals surface area contributed by atoms with Crippen LogP contribution in [0, 0.1) is 0 Å². The summed E-state index contributed by atoms with van der Waals surface area (Å²) in [5.41, 5.74) is 3.99. The molecular formula is C28H28N4O5. The van der Waals surface area contributed by atoms with Gasteiger partial charge in [-0.25, -0.2) is 9.86 Å². The van der Waals surface area contributed by atoms with Crippen molar-refractivity contribution in [3.05, 3.63) is 95.1 Å². The number of likely N-dealkylation sites (N-methyl/N-ethyl adjacent to an activating group) is 1. The molecule has 0 saturated carbocycles. The number of benzene rings is 3. The van der Waals surface area contributed by atoms with Crippen LogP contribution in [0.25, 0.3) is 11.3 Å². The third-order valence-corrected chi connectivity index (χ3v) is 5.92. The first-order valence-electron chi connectivity index (χ1n) is 11.6. The second-order valence-electron chi connectivity index (χ2n) is 8.73. The molecule has 3 aromatic rings. The van der Waals surface area contributed by atoms with E-state index in [1.54, 1.807) is 30.3 Å². The number of rotatable bonds is 9. The van der Waals surface area contributed by atoms with Crippen molar-refractivity contribution in [2.24, 2.45) is 0 Å². The standard InChI is InChI=1S/C28H28N4O5/c1-31(2)15-16-32(37-3)27(34)19-9-12-21(13-10-19)29-25(18-7-5-4-6-8-18)24-22-14-11-20(28(35)36)17-23(22)30-26(24)33/h4-14,17,29H,15-16H2,1-3H3,(H,30,33)(H,35,36)/b25-24-. The second-order valence-corrected chi connectivity index (χ2v) is 8.73. The Hall–Kier alpha value is -4.47. The quantitative estimate of drug-likeness (QED) is 0.302. The van der Waals surface area contributed by atoms with Crippen LogP contribution in [0.2, 0.25) is 0 Å². The fourth-order valence-corrected chi connectivity index (χ4v) is 3.99. The zero-order chi connectivity index (χ0) is 26.5. The van der Waals surface area contributed by atoms with Crippen LogP contribution in [0.1, 0.15) is 31.8 Å². The smallest absolute Gasteiger partial charge is 0.335 e. The summed E-state index contributed by atoms with van der Waals surface area (Å²) in [5, 5.41) is 16.7. The average Bonchev–Trinajstić information content (AvgIpc) is 3.22. The number of carbonyl (C=O) groups is 3. The molecule has 9 heteroatoms. The summed E-state index contributed by atoms with van der Waals surface area (Å²) in [4.78, 5) is 44.5. The van der Waals surface area contributed by atoms with Crippen LogP contribution in [0.3, 0.4) is 0 Å². The minimum Gasteiger partial charge on any atom is -0.478 e. The van der Waals surface area contributed by atoms with Crippen LogP contribution in [-0.4, -0.2) is 67.1 Å². The number of hydrogen-bond acceptors (Lipinski definition) is 6. The highest BCUT2D eigenvalue weighted by atomic mass is 16.7. The average molecular weight is 501 g/mol. The van der Waals surface area contributed by atoms with Gasteiger partial charge in [-0.15, -0.1) is 0 Å². The molecule has 1 heterocycles. The summed E-state index contributed by atoms with van der Waals surface area (Å²) < 4.78 is 0. The zero-order valence-corrected chi connectivity index (χ0v) is 20.8. The van der Waals surface area contributed by atoms with E-state index in [4.69, 9.17) is 4.84 Å². The number of hydroxylamine groups is 2. The van der Waals surface area contributed by atoms with E-state index in [0.717, 1.165) is 5.56 Å². The van der Waals surface area contributed by atoms with Gasteiger partial charge in [0.15, 0.2) is 0 Å². The first-order chi connectivity index (χ1) is 17.8. The fraction of sp³-hybridized carbons (Fsp3) is 0.179. The van der Waals surface area contributed by atoms with Gasteiger partial charge in [-0.2, -0.15) is 0 Å². The van der Waals surface area contributed by atoms with Crippen molar-refractivity contribution in [2.45, 2.75) is 0 Å². The molecule has 0 fully saturated rings. The lowest BCUT2D eigenvalue weighted by molar-refractivity contribution is -0.110. The molecule has 0 aromatic heterocycles. The molecule has 3 aromatic carbocycles. The lowest BCUT2D eigenvalue weighted by Crippen LogP contribution is -2.35. The molecule has 0 saturated heterocycles. The van der Waals surface area contributed by atoms with E-state index in [0.29, 0.717) is 46.9 Å². The number of nitrogens with zero attached hydrogens (tertiary/aromatic N) is 2. The Morgan fingerprint density at radius 1 is 0.919 bits per heavy atom. The number of fused-ring (bicyclic) bond motifs is 1. The molecule has 9 nitrogen and oxygen atoms in total. The van der Waals surface area contributed by atoms with Gasteiger partial charge in [0.25, 0.3) is 11.8 Å². The molecule has 37 heavy (non-hydrogen) atoms. The van der Waals surface area contributed by atoms with Crippen molar-refractivity contribution in [2.75, 3.05) is 44.9 Å². The maximum absolute atomic E-state index is 13.1. The highest BCUT2D eigenvalue weighted by Gasteiger charge is 2.29. The van der Waals surface area contributed by atoms with Crippen molar-refractivity contribution in [3.63, 3.8) is 0 Å². The number of carbonyl (C=O) groups excluding carboxylic acids is 2. The highest BCUT2D eigenvalue weighted by molar-refractivity contribution is 6.37. The predicted octanol–water partition coefficient (Wildman–Crippen LogP) is 3.88. The van der Waals surface area contributed by atoms with Gasteiger partial charge in [-0.05, 0) is 56.1 Å². The monoisotopic (exact) mass is 500 g/mol. The Kier molecular flexibility index (Phi) is 7.66. The molecule has 0 aliphatic carbocycles. The van der Waals surface area contributed by atoms with Crippen LogP contribution < -0.4 is 10.6 Å². The molecule has 0 bridgehead atoms. The molecular weight excluding hydrogens is 472 g/mol. The van der Waals surface area contributed by atoms with Crippen molar-refractivity contribution >= 4 is 40.4 Å². The maximum atomic E-state index is 13.1.